The molecule has 0 N–H and O–H groups in total. The molecule has 0 saturated carbocycles. The monoisotopic (exact) mass is 549 g/mol. The standard InChI is InChI=1S/C23H18NO2.Ir.8H2/c1-25-21-11-10-18(15-22(21)26-2)17-7-5-8-19(14-17)23-20-9-4-3-6-16(20)12-13-24-23;;;;;;;;;/h3-7,9-15H,1-2H3;;8*1H/q-1;;;;;;;;;. The van der Waals surface area contributed by atoms with Crippen LogP contribution in [0.2, 0.25) is 0 Å². The van der Waals surface area contributed by atoms with E-state index in [4.69, 9.17) is 9.47 Å². The molecular weight excluding hydrogens is 514 g/mol. The maximum absolute atomic E-state index is 5.43. The van der Waals surface area contributed by atoms with Gasteiger partial charge in [0, 0.05) is 37.7 Å². The van der Waals surface area contributed by atoms with E-state index in [2.05, 4.69) is 29.2 Å². The molecule has 0 atom stereocenters. The summed E-state index contributed by atoms with van der Waals surface area (Å²) in [7, 11) is 3.28. The van der Waals surface area contributed by atoms with E-state index in [-0.39, 0.29) is 31.5 Å². The van der Waals surface area contributed by atoms with Crippen molar-refractivity contribution in [3.63, 3.8) is 0 Å². The van der Waals surface area contributed by atoms with Gasteiger partial charge < -0.3 is 14.5 Å². The first-order chi connectivity index (χ1) is 12.8. The first-order valence-electron chi connectivity index (χ1n) is 8.38. The molecule has 0 unspecified atom stereocenters. The summed E-state index contributed by atoms with van der Waals surface area (Å²) in [5, 5.41) is 2.29. The summed E-state index contributed by atoms with van der Waals surface area (Å²) in [6, 6.07) is 25.6. The second kappa shape index (κ2) is 8.34. The first kappa shape index (κ1) is 19.1. The summed E-state index contributed by atoms with van der Waals surface area (Å²) in [6.45, 7) is 0. The quantitative estimate of drug-likeness (QED) is 0.250. The molecule has 1 aromatic heterocycles. The number of nitrogens with zero attached hydrogens (tertiary/aromatic N) is 1. The molecule has 4 rings (SSSR count). The van der Waals surface area contributed by atoms with E-state index in [1.165, 1.54) is 5.39 Å². The van der Waals surface area contributed by atoms with Crippen LogP contribution >= 0.6 is 0 Å². The van der Waals surface area contributed by atoms with Crippen LogP contribution in [0.5, 0.6) is 11.5 Å². The van der Waals surface area contributed by atoms with Crippen LogP contribution in [0, 0.1) is 6.07 Å². The Bertz CT molecular complexity index is 1100. The van der Waals surface area contributed by atoms with Gasteiger partial charge in [0.1, 0.15) is 0 Å². The van der Waals surface area contributed by atoms with Gasteiger partial charge in [0.2, 0.25) is 0 Å². The van der Waals surface area contributed by atoms with Gasteiger partial charge in [-0.1, -0.05) is 30.3 Å². The molecule has 0 spiro atoms. The normalized spacial score (nSPS) is 10.3. The Hall–Kier alpha value is -2.68. The van der Waals surface area contributed by atoms with Crippen LogP contribution < -0.4 is 9.47 Å². The first-order valence-corrected chi connectivity index (χ1v) is 8.38. The van der Waals surface area contributed by atoms with E-state index in [1.54, 1.807) is 14.2 Å². The van der Waals surface area contributed by atoms with Gasteiger partial charge in [0.05, 0.1) is 14.2 Å². The molecule has 0 fully saturated rings. The summed E-state index contributed by atoms with van der Waals surface area (Å²) in [4.78, 5) is 4.60. The predicted molar refractivity (Wildman–Crippen MR) is 121 cm³/mol. The Morgan fingerprint density at radius 1 is 0.852 bits per heavy atom. The number of methoxy groups -OCH3 is 2. The molecule has 4 heteroatoms. The van der Waals surface area contributed by atoms with Crippen molar-refractivity contribution in [3.8, 4) is 33.9 Å². The minimum Gasteiger partial charge on any atom is -0.493 e. The average molecular weight is 549 g/mol. The molecular formula is C23H34IrNO2-. The Balaban J connectivity index is -0.000000234. The van der Waals surface area contributed by atoms with Crippen molar-refractivity contribution < 1.29 is 41.0 Å². The Labute approximate surface area is 184 Å². The van der Waals surface area contributed by atoms with Crippen molar-refractivity contribution >= 4 is 10.8 Å². The van der Waals surface area contributed by atoms with Crippen LogP contribution in [0.1, 0.15) is 11.4 Å². The summed E-state index contributed by atoms with van der Waals surface area (Å²) in [5.41, 5.74) is 4.03. The molecule has 153 valence electrons. The Kier molecular flexibility index (Phi) is 5.90. The van der Waals surface area contributed by atoms with Crippen molar-refractivity contribution in [1.82, 2.24) is 4.98 Å². The summed E-state index contributed by atoms with van der Waals surface area (Å²) in [6.07, 6.45) is 1.84. The van der Waals surface area contributed by atoms with E-state index in [0.29, 0.717) is 5.75 Å². The van der Waals surface area contributed by atoms with E-state index in [0.717, 1.165) is 33.5 Å². The SMILES string of the molecule is COc1ccc(-c2cc[c-]c(-c3nccc4ccccc34)c2)cc1OC.[HH].[HH].[HH].[HH].[HH].[HH].[HH].[HH].[Ir]. The summed E-state index contributed by atoms with van der Waals surface area (Å²) in [5.74, 6) is 1.43. The minimum absolute atomic E-state index is 0. The second-order valence-electron chi connectivity index (χ2n) is 5.94. The van der Waals surface area contributed by atoms with Crippen molar-refractivity contribution in [2.75, 3.05) is 14.2 Å². The van der Waals surface area contributed by atoms with Crippen LogP contribution in [0.25, 0.3) is 33.2 Å². The smallest absolute Gasteiger partial charge is 0.161 e. The second-order valence-corrected chi connectivity index (χ2v) is 5.94. The molecule has 0 bridgehead atoms. The summed E-state index contributed by atoms with van der Waals surface area (Å²) >= 11 is 0. The van der Waals surface area contributed by atoms with E-state index in [1.807, 2.05) is 54.7 Å². The zero-order valence-corrected chi connectivity index (χ0v) is 17.4. The summed E-state index contributed by atoms with van der Waals surface area (Å²) < 4.78 is 10.8. The van der Waals surface area contributed by atoms with Crippen molar-refractivity contribution in [2.45, 2.75) is 0 Å². The molecule has 4 aromatic rings. The van der Waals surface area contributed by atoms with E-state index >= 15 is 0 Å². The van der Waals surface area contributed by atoms with Gasteiger partial charge in [0.25, 0.3) is 0 Å². The van der Waals surface area contributed by atoms with Gasteiger partial charge in [-0.05, 0) is 40.2 Å². The molecule has 1 radical (unpaired) electrons. The molecule has 1 heterocycles. The van der Waals surface area contributed by atoms with Gasteiger partial charge in [-0.2, -0.15) is 0 Å². The van der Waals surface area contributed by atoms with E-state index in [9.17, 15) is 0 Å². The van der Waals surface area contributed by atoms with Gasteiger partial charge in [0.15, 0.2) is 11.5 Å². The molecule has 27 heavy (non-hydrogen) atoms. The molecule has 0 aliphatic carbocycles. The number of aromatic nitrogens is 1. The van der Waals surface area contributed by atoms with Crippen LogP contribution in [0.3, 0.4) is 0 Å². The van der Waals surface area contributed by atoms with Gasteiger partial charge >= 0.3 is 0 Å². The topological polar surface area (TPSA) is 31.4 Å². The fourth-order valence-electron chi connectivity index (χ4n) is 3.13. The third-order valence-electron chi connectivity index (χ3n) is 4.45. The zero-order chi connectivity index (χ0) is 17.9. The number of hydrogen-bond donors (Lipinski definition) is 0. The molecule has 3 aromatic carbocycles. The Morgan fingerprint density at radius 3 is 2.44 bits per heavy atom. The molecule has 0 amide bonds. The fraction of sp³-hybridized carbons (Fsp3) is 0.0870. The predicted octanol–water partition coefficient (Wildman–Crippen LogP) is 7.35. The number of ether oxygens (including phenoxy) is 2. The largest absolute Gasteiger partial charge is 0.493 e. The third-order valence-corrected chi connectivity index (χ3v) is 4.45. The minimum atomic E-state index is 0. The number of pyridine rings is 1. The molecule has 0 saturated heterocycles. The Morgan fingerprint density at radius 2 is 1.63 bits per heavy atom. The number of fused-ring (bicyclic) bond motifs is 1. The number of hydrogen-bond acceptors (Lipinski definition) is 3. The van der Waals surface area contributed by atoms with Crippen molar-refractivity contribution in [3.05, 3.63) is 79.0 Å². The van der Waals surface area contributed by atoms with Crippen molar-refractivity contribution in [2.24, 2.45) is 0 Å². The number of benzene rings is 3. The van der Waals surface area contributed by atoms with Gasteiger partial charge in [-0.25, -0.2) is 0 Å². The number of rotatable bonds is 4. The molecule has 0 aliphatic heterocycles. The zero-order valence-electron chi connectivity index (χ0n) is 15.0. The van der Waals surface area contributed by atoms with Crippen LogP contribution in [0.15, 0.2) is 72.9 Å². The maximum Gasteiger partial charge on any atom is 0.161 e. The average Bonchev–Trinajstić information content (AvgIpc) is 2.73. The maximum atomic E-state index is 5.43. The molecule has 3 nitrogen and oxygen atoms in total. The third kappa shape index (κ3) is 3.73. The van der Waals surface area contributed by atoms with Gasteiger partial charge in [-0.3, -0.25) is 0 Å². The van der Waals surface area contributed by atoms with E-state index < -0.39 is 0 Å². The fourth-order valence-corrected chi connectivity index (χ4v) is 3.13. The van der Waals surface area contributed by atoms with Crippen molar-refractivity contribution in [1.29, 1.82) is 0 Å². The van der Waals surface area contributed by atoms with Gasteiger partial charge in [-0.15, -0.1) is 35.4 Å². The van der Waals surface area contributed by atoms with Crippen LogP contribution in [0.4, 0.5) is 0 Å². The molecule has 0 aliphatic rings. The van der Waals surface area contributed by atoms with Crippen LogP contribution in [-0.4, -0.2) is 19.2 Å². The van der Waals surface area contributed by atoms with Crippen LogP contribution in [-0.2, 0) is 20.1 Å².